The predicted molar refractivity (Wildman–Crippen MR) is 182 cm³/mol. The molecule has 45 heavy (non-hydrogen) atoms. The Bertz CT molecular complexity index is 1320. The summed E-state index contributed by atoms with van der Waals surface area (Å²) in [4.78, 5) is 16.6. The molecular weight excluding hydrogens is 580 g/mol. The Kier molecular flexibility index (Phi) is 8.55. The maximum atomic E-state index is 14.4. The molecule has 6 aliphatic rings. The van der Waals surface area contributed by atoms with E-state index >= 15 is 0 Å². The molecule has 5 aliphatic carbocycles. The number of amides is 1. The smallest absolute Gasteiger partial charge is 0.230 e. The van der Waals surface area contributed by atoms with Crippen molar-refractivity contribution in [3.8, 4) is 0 Å². The second kappa shape index (κ2) is 11.3. The summed E-state index contributed by atoms with van der Waals surface area (Å²) in [5.74, 6) is 2.03. The first kappa shape index (κ1) is 34.0. The summed E-state index contributed by atoms with van der Waals surface area (Å²) in [7, 11) is -2.90. The number of rotatable bonds is 5. The molecule has 5 fully saturated rings. The van der Waals surface area contributed by atoms with Gasteiger partial charge in [0.15, 0.2) is 9.84 Å². The molecule has 1 heterocycles. The van der Waals surface area contributed by atoms with Gasteiger partial charge in [0.2, 0.25) is 5.91 Å². The molecule has 2 N–H and O–H groups in total. The van der Waals surface area contributed by atoms with Crippen LogP contribution in [0.3, 0.4) is 0 Å². The van der Waals surface area contributed by atoms with E-state index in [1.807, 2.05) is 0 Å². The maximum absolute atomic E-state index is 14.4. The van der Waals surface area contributed by atoms with E-state index in [-0.39, 0.29) is 50.3 Å². The summed E-state index contributed by atoms with van der Waals surface area (Å²) in [5, 5.41) is 14.5. The van der Waals surface area contributed by atoms with Crippen LogP contribution in [0, 0.1) is 44.3 Å². The molecule has 6 nitrogen and oxygen atoms in total. The van der Waals surface area contributed by atoms with Crippen LogP contribution in [0.2, 0.25) is 0 Å². The number of nitrogens with zero attached hydrogens (tertiary/aromatic N) is 1. The van der Waals surface area contributed by atoms with Crippen molar-refractivity contribution < 1.29 is 18.3 Å². The standard InChI is InChI=1S/C38H64N2O4S/c1-33(2)16-18-38(32(42)39-20-8-21-40-22-9-24-45(43,44)25-23-40)19-17-36(6)27(28(38)26-33)10-11-30-35(5)14-13-31(41)34(3,4)29(35)12-15-37(30,36)7/h29-31,41H,8-26H2,1-7H3,(H,39,42)/t29-,30+,31-,35-,36+,37+,38-/m0/s1. The van der Waals surface area contributed by atoms with Crippen molar-refractivity contribution in [2.45, 2.75) is 138 Å². The number of hydrogen-bond acceptors (Lipinski definition) is 5. The Balaban J connectivity index is 1.24. The second-order valence-electron chi connectivity index (χ2n) is 18.7. The van der Waals surface area contributed by atoms with Crippen LogP contribution in [0.4, 0.5) is 0 Å². The van der Waals surface area contributed by atoms with E-state index < -0.39 is 9.84 Å². The lowest BCUT2D eigenvalue weighted by molar-refractivity contribution is -0.204. The number of fused-ring (bicyclic) bond motifs is 6. The molecule has 1 saturated heterocycles. The van der Waals surface area contributed by atoms with Gasteiger partial charge in [-0.1, -0.05) is 59.6 Å². The van der Waals surface area contributed by atoms with Gasteiger partial charge in [0.1, 0.15) is 0 Å². The fourth-order valence-corrected chi connectivity index (χ4v) is 13.8. The highest BCUT2D eigenvalue weighted by molar-refractivity contribution is 7.91. The van der Waals surface area contributed by atoms with Gasteiger partial charge in [0.25, 0.3) is 0 Å². The Morgan fingerprint density at radius 3 is 2.36 bits per heavy atom. The van der Waals surface area contributed by atoms with Gasteiger partial charge < -0.3 is 15.3 Å². The monoisotopic (exact) mass is 644 g/mol. The van der Waals surface area contributed by atoms with Crippen LogP contribution >= 0.6 is 0 Å². The fraction of sp³-hybridized carbons (Fsp3) is 0.921. The van der Waals surface area contributed by atoms with Crippen LogP contribution in [-0.2, 0) is 14.6 Å². The van der Waals surface area contributed by atoms with E-state index in [2.05, 4.69) is 58.7 Å². The van der Waals surface area contributed by atoms with E-state index in [0.29, 0.717) is 37.1 Å². The Hall–Kier alpha value is -0.920. The van der Waals surface area contributed by atoms with Crippen LogP contribution < -0.4 is 5.32 Å². The molecule has 0 radical (unpaired) electrons. The van der Waals surface area contributed by atoms with E-state index in [1.54, 1.807) is 5.57 Å². The molecule has 7 atom stereocenters. The molecule has 0 unspecified atom stereocenters. The normalized spacial score (nSPS) is 44.0. The lowest BCUT2D eigenvalue weighted by atomic mass is 9.34. The van der Waals surface area contributed by atoms with Crippen molar-refractivity contribution in [1.82, 2.24) is 10.2 Å². The molecular formula is C38H64N2O4S. The molecule has 1 amide bonds. The summed E-state index contributed by atoms with van der Waals surface area (Å²) in [6, 6.07) is 0. The highest BCUT2D eigenvalue weighted by Crippen LogP contribution is 2.75. The number of sulfone groups is 1. The predicted octanol–water partition coefficient (Wildman–Crippen LogP) is 6.92. The fourth-order valence-electron chi connectivity index (χ4n) is 12.5. The highest BCUT2D eigenvalue weighted by atomic mass is 32.2. The van der Waals surface area contributed by atoms with Crippen molar-refractivity contribution >= 4 is 15.7 Å². The number of nitrogens with one attached hydrogen (secondary N) is 1. The number of carbonyl (C=O) groups excluding carboxylic acids is 1. The summed E-state index contributed by atoms with van der Waals surface area (Å²) >= 11 is 0. The largest absolute Gasteiger partial charge is 0.393 e. The Labute approximate surface area is 274 Å². The SMILES string of the molecule is CC1(C)CC[C@]2(C(=O)NCCCN3CCCS(=O)(=O)CC3)CC[C@]3(C)C(=C2C1)CC[C@@H]1[C@@]2(C)CC[C@H](O)C(C)(C)[C@@H]2CC[C@]13C. The summed E-state index contributed by atoms with van der Waals surface area (Å²) in [6.07, 6.45) is 13.3. The van der Waals surface area contributed by atoms with Gasteiger partial charge in [-0.25, -0.2) is 8.42 Å². The lowest BCUT2D eigenvalue weighted by Crippen LogP contribution is -2.64. The van der Waals surface area contributed by atoms with Gasteiger partial charge in [-0.05, 0) is 135 Å². The van der Waals surface area contributed by atoms with Crippen molar-refractivity contribution in [1.29, 1.82) is 0 Å². The van der Waals surface area contributed by atoms with Crippen LogP contribution in [0.5, 0.6) is 0 Å². The number of aliphatic hydroxyl groups excluding tert-OH is 1. The minimum absolute atomic E-state index is 0.0356. The summed E-state index contributed by atoms with van der Waals surface area (Å²) in [6.45, 7) is 20.2. The maximum Gasteiger partial charge on any atom is 0.230 e. The molecule has 1 aliphatic heterocycles. The van der Waals surface area contributed by atoms with Crippen LogP contribution in [0.15, 0.2) is 11.1 Å². The van der Waals surface area contributed by atoms with E-state index in [0.717, 1.165) is 70.9 Å². The number of carbonyl (C=O) groups is 1. The third-order valence-corrected chi connectivity index (χ3v) is 17.2. The molecule has 4 saturated carbocycles. The van der Waals surface area contributed by atoms with Gasteiger partial charge in [-0.15, -0.1) is 0 Å². The van der Waals surface area contributed by atoms with Crippen molar-refractivity contribution in [2.24, 2.45) is 44.3 Å². The van der Waals surface area contributed by atoms with Gasteiger partial charge in [0, 0.05) is 13.1 Å². The molecule has 0 spiro atoms. The second-order valence-corrected chi connectivity index (χ2v) is 21.0. The average molecular weight is 645 g/mol. The van der Waals surface area contributed by atoms with Crippen molar-refractivity contribution in [3.05, 3.63) is 11.1 Å². The van der Waals surface area contributed by atoms with E-state index in [9.17, 15) is 18.3 Å². The van der Waals surface area contributed by atoms with Gasteiger partial charge in [-0.2, -0.15) is 0 Å². The number of aliphatic hydroxyl groups is 1. The van der Waals surface area contributed by atoms with Crippen LogP contribution in [0.1, 0.15) is 132 Å². The third kappa shape index (κ3) is 5.40. The Morgan fingerprint density at radius 1 is 0.867 bits per heavy atom. The van der Waals surface area contributed by atoms with E-state index in [1.165, 1.54) is 24.8 Å². The molecule has 0 bridgehead atoms. The van der Waals surface area contributed by atoms with Crippen molar-refractivity contribution in [2.75, 3.05) is 37.7 Å². The van der Waals surface area contributed by atoms with Crippen molar-refractivity contribution in [3.63, 3.8) is 0 Å². The first-order valence-electron chi connectivity index (χ1n) is 18.5. The number of hydrogen-bond donors (Lipinski definition) is 2. The van der Waals surface area contributed by atoms with Crippen LogP contribution in [0.25, 0.3) is 0 Å². The summed E-state index contributed by atoms with van der Waals surface area (Å²) < 4.78 is 24.1. The van der Waals surface area contributed by atoms with Gasteiger partial charge in [0.05, 0.1) is 23.0 Å². The quantitative estimate of drug-likeness (QED) is 0.251. The van der Waals surface area contributed by atoms with E-state index in [4.69, 9.17) is 0 Å². The Morgan fingerprint density at radius 2 is 1.60 bits per heavy atom. The first-order chi connectivity index (χ1) is 20.9. The average Bonchev–Trinajstić information content (AvgIpc) is 3.13. The zero-order valence-electron chi connectivity index (χ0n) is 29.7. The lowest BCUT2D eigenvalue weighted by Gasteiger charge is -2.71. The molecule has 7 heteroatoms. The zero-order chi connectivity index (χ0) is 32.7. The molecule has 6 rings (SSSR count). The molecule has 256 valence electrons. The molecule has 0 aromatic carbocycles. The minimum Gasteiger partial charge on any atom is -0.393 e. The summed E-state index contributed by atoms with van der Waals surface area (Å²) in [5.41, 5.74) is 3.54. The third-order valence-electron chi connectivity index (χ3n) is 15.5. The molecule has 0 aromatic rings. The zero-order valence-corrected chi connectivity index (χ0v) is 30.5. The highest BCUT2D eigenvalue weighted by Gasteiger charge is 2.68. The van der Waals surface area contributed by atoms with Gasteiger partial charge in [-0.3, -0.25) is 4.79 Å². The minimum atomic E-state index is -2.90. The molecule has 0 aromatic heterocycles. The topological polar surface area (TPSA) is 86.7 Å². The number of allylic oxidation sites excluding steroid dienone is 1. The van der Waals surface area contributed by atoms with Crippen LogP contribution in [-0.4, -0.2) is 68.1 Å². The van der Waals surface area contributed by atoms with Gasteiger partial charge >= 0.3 is 0 Å². The first-order valence-corrected chi connectivity index (χ1v) is 20.3.